The van der Waals surface area contributed by atoms with Gasteiger partial charge in [-0.3, -0.25) is 4.72 Å². The summed E-state index contributed by atoms with van der Waals surface area (Å²) in [5, 5.41) is 3.69. The molecule has 0 fully saturated rings. The molecule has 0 aliphatic carbocycles. The first kappa shape index (κ1) is 15.1. The minimum atomic E-state index is -3.30. The topological polar surface area (TPSA) is 58.2 Å². The van der Waals surface area contributed by atoms with Gasteiger partial charge in [-0.25, -0.2) is 8.42 Å². The van der Waals surface area contributed by atoms with Crippen LogP contribution in [0.4, 0.5) is 11.4 Å². The average molecular weight is 291 g/mol. The van der Waals surface area contributed by atoms with Gasteiger partial charge >= 0.3 is 0 Å². The van der Waals surface area contributed by atoms with Crippen molar-refractivity contribution in [3.8, 4) is 0 Å². The standard InChI is InChI=1S/C12H19ClN2O2S/c1-8(2)9(3)14-10-5-6-12(11(13)7-10)15-18(4,16)17/h5-9,14-15H,1-4H3. The maximum atomic E-state index is 11.1. The van der Waals surface area contributed by atoms with Crippen LogP contribution in [0.5, 0.6) is 0 Å². The molecule has 0 aliphatic rings. The Morgan fingerprint density at radius 3 is 2.28 bits per heavy atom. The van der Waals surface area contributed by atoms with Gasteiger partial charge < -0.3 is 5.32 Å². The zero-order valence-corrected chi connectivity index (χ0v) is 12.6. The lowest BCUT2D eigenvalue weighted by atomic mass is 10.1. The van der Waals surface area contributed by atoms with Crippen LogP contribution < -0.4 is 10.0 Å². The molecule has 0 heterocycles. The highest BCUT2D eigenvalue weighted by Gasteiger charge is 2.10. The summed E-state index contributed by atoms with van der Waals surface area (Å²) in [6.07, 6.45) is 1.09. The summed E-state index contributed by atoms with van der Waals surface area (Å²) in [4.78, 5) is 0. The summed E-state index contributed by atoms with van der Waals surface area (Å²) in [7, 11) is -3.30. The largest absolute Gasteiger partial charge is 0.382 e. The lowest BCUT2D eigenvalue weighted by molar-refractivity contribution is 0.560. The molecule has 2 N–H and O–H groups in total. The van der Waals surface area contributed by atoms with E-state index in [0.717, 1.165) is 11.9 Å². The van der Waals surface area contributed by atoms with Crippen LogP contribution in [0.15, 0.2) is 18.2 Å². The number of hydrogen-bond acceptors (Lipinski definition) is 3. The number of benzene rings is 1. The van der Waals surface area contributed by atoms with Crippen LogP contribution in [0, 0.1) is 5.92 Å². The maximum absolute atomic E-state index is 11.1. The number of sulfonamides is 1. The molecule has 0 saturated carbocycles. The number of nitrogens with one attached hydrogen (secondary N) is 2. The van der Waals surface area contributed by atoms with Crippen LogP contribution in [0.3, 0.4) is 0 Å². The van der Waals surface area contributed by atoms with Gasteiger partial charge in [-0.1, -0.05) is 25.4 Å². The van der Waals surface area contributed by atoms with E-state index in [1.807, 2.05) is 0 Å². The second-order valence-electron chi connectivity index (χ2n) is 4.75. The molecule has 0 bridgehead atoms. The fourth-order valence-corrected chi connectivity index (χ4v) is 2.18. The average Bonchev–Trinajstić information content (AvgIpc) is 2.20. The first-order valence-electron chi connectivity index (χ1n) is 5.73. The van der Waals surface area contributed by atoms with E-state index in [1.165, 1.54) is 0 Å². The van der Waals surface area contributed by atoms with Crippen molar-refractivity contribution in [1.29, 1.82) is 0 Å². The summed E-state index contributed by atoms with van der Waals surface area (Å²) in [6.45, 7) is 6.33. The highest BCUT2D eigenvalue weighted by molar-refractivity contribution is 7.92. The normalized spacial score (nSPS) is 13.4. The zero-order valence-electron chi connectivity index (χ0n) is 11.0. The molecular formula is C12H19ClN2O2S. The maximum Gasteiger partial charge on any atom is 0.229 e. The Hall–Kier alpha value is -0.940. The van der Waals surface area contributed by atoms with Gasteiger partial charge in [0, 0.05) is 11.7 Å². The number of rotatable bonds is 5. The van der Waals surface area contributed by atoms with Crippen molar-refractivity contribution in [1.82, 2.24) is 0 Å². The van der Waals surface area contributed by atoms with E-state index >= 15 is 0 Å². The molecule has 1 atom stereocenters. The van der Waals surface area contributed by atoms with Crippen LogP contribution in [0.25, 0.3) is 0 Å². The predicted octanol–water partition coefficient (Wildman–Crippen LogP) is 3.17. The van der Waals surface area contributed by atoms with E-state index in [0.29, 0.717) is 22.7 Å². The molecule has 6 heteroatoms. The van der Waals surface area contributed by atoms with Gasteiger partial charge in [-0.15, -0.1) is 0 Å². The van der Waals surface area contributed by atoms with Crippen molar-refractivity contribution < 1.29 is 8.42 Å². The van der Waals surface area contributed by atoms with Crippen LogP contribution in [0.2, 0.25) is 5.02 Å². The number of anilines is 2. The van der Waals surface area contributed by atoms with E-state index in [9.17, 15) is 8.42 Å². The third-order valence-electron chi connectivity index (χ3n) is 2.66. The van der Waals surface area contributed by atoms with Crippen LogP contribution in [-0.4, -0.2) is 20.7 Å². The number of halogens is 1. The Morgan fingerprint density at radius 1 is 1.22 bits per heavy atom. The van der Waals surface area contributed by atoms with Crippen molar-refractivity contribution in [2.75, 3.05) is 16.3 Å². The lowest BCUT2D eigenvalue weighted by Crippen LogP contribution is -2.21. The number of hydrogen-bond donors (Lipinski definition) is 2. The Bertz CT molecular complexity index is 515. The molecule has 0 aliphatic heterocycles. The molecule has 0 spiro atoms. The van der Waals surface area contributed by atoms with Crippen LogP contribution >= 0.6 is 11.6 Å². The molecule has 1 rings (SSSR count). The lowest BCUT2D eigenvalue weighted by Gasteiger charge is -2.19. The summed E-state index contributed by atoms with van der Waals surface area (Å²) in [5.41, 5.74) is 1.27. The van der Waals surface area contributed by atoms with Crippen molar-refractivity contribution in [3.05, 3.63) is 23.2 Å². The van der Waals surface area contributed by atoms with Crippen molar-refractivity contribution in [2.24, 2.45) is 5.92 Å². The van der Waals surface area contributed by atoms with Gasteiger partial charge in [-0.2, -0.15) is 0 Å². The molecule has 1 aromatic carbocycles. The first-order valence-corrected chi connectivity index (χ1v) is 8.00. The molecule has 102 valence electrons. The highest BCUT2D eigenvalue weighted by Crippen LogP contribution is 2.27. The molecule has 1 aromatic rings. The van der Waals surface area contributed by atoms with Crippen molar-refractivity contribution in [2.45, 2.75) is 26.8 Å². The van der Waals surface area contributed by atoms with Gasteiger partial charge in [0.1, 0.15) is 0 Å². The van der Waals surface area contributed by atoms with Crippen LogP contribution in [0.1, 0.15) is 20.8 Å². The van der Waals surface area contributed by atoms with E-state index < -0.39 is 10.0 Å². The second kappa shape index (κ2) is 5.80. The van der Waals surface area contributed by atoms with Gasteiger partial charge in [0.05, 0.1) is 17.0 Å². The Morgan fingerprint density at radius 2 is 1.83 bits per heavy atom. The van der Waals surface area contributed by atoms with Gasteiger partial charge in [-0.05, 0) is 31.0 Å². The van der Waals surface area contributed by atoms with E-state index in [4.69, 9.17) is 11.6 Å². The van der Waals surface area contributed by atoms with E-state index in [-0.39, 0.29) is 0 Å². The molecule has 0 amide bonds. The Kier molecular flexibility index (Phi) is 4.87. The molecule has 0 aromatic heterocycles. The fourth-order valence-electron chi connectivity index (χ4n) is 1.32. The summed E-state index contributed by atoms with van der Waals surface area (Å²) in [6, 6.07) is 5.49. The molecule has 1 unspecified atom stereocenters. The monoisotopic (exact) mass is 290 g/mol. The molecule has 0 radical (unpaired) electrons. The molecule has 18 heavy (non-hydrogen) atoms. The summed E-state index contributed by atoms with van der Waals surface area (Å²) >= 11 is 6.03. The summed E-state index contributed by atoms with van der Waals surface area (Å²) < 4.78 is 24.6. The predicted molar refractivity (Wildman–Crippen MR) is 77.8 cm³/mol. The van der Waals surface area contributed by atoms with Crippen LogP contribution in [-0.2, 0) is 10.0 Å². The Balaban J connectivity index is 2.86. The molecule has 4 nitrogen and oxygen atoms in total. The van der Waals surface area contributed by atoms with Gasteiger partial charge in [0.2, 0.25) is 10.0 Å². The minimum Gasteiger partial charge on any atom is -0.382 e. The third-order valence-corrected chi connectivity index (χ3v) is 3.56. The smallest absolute Gasteiger partial charge is 0.229 e. The van der Waals surface area contributed by atoms with Gasteiger partial charge in [0.25, 0.3) is 0 Å². The van der Waals surface area contributed by atoms with E-state index in [2.05, 4.69) is 30.8 Å². The first-order chi connectivity index (χ1) is 8.19. The second-order valence-corrected chi connectivity index (χ2v) is 6.90. The minimum absolute atomic E-state index is 0.315. The van der Waals surface area contributed by atoms with E-state index in [1.54, 1.807) is 18.2 Å². The Labute approximate surface area is 114 Å². The SMILES string of the molecule is CC(C)C(C)Nc1ccc(NS(C)(=O)=O)c(Cl)c1. The molecule has 0 saturated heterocycles. The fraction of sp³-hybridized carbons (Fsp3) is 0.500. The highest BCUT2D eigenvalue weighted by atomic mass is 35.5. The quantitative estimate of drug-likeness (QED) is 0.876. The zero-order chi connectivity index (χ0) is 13.9. The van der Waals surface area contributed by atoms with Crippen molar-refractivity contribution in [3.63, 3.8) is 0 Å². The van der Waals surface area contributed by atoms with Gasteiger partial charge in [0.15, 0.2) is 0 Å². The third kappa shape index (κ3) is 4.74. The molecular weight excluding hydrogens is 272 g/mol. The summed E-state index contributed by atoms with van der Waals surface area (Å²) in [5.74, 6) is 0.498. The van der Waals surface area contributed by atoms with Crippen molar-refractivity contribution >= 4 is 33.0 Å².